The molecule has 2 atom stereocenters. The molecule has 0 amide bonds. The van der Waals surface area contributed by atoms with Gasteiger partial charge in [0.1, 0.15) is 5.82 Å². The van der Waals surface area contributed by atoms with Crippen molar-refractivity contribution in [2.45, 2.75) is 45.6 Å². The molecule has 1 aromatic carbocycles. The lowest BCUT2D eigenvalue weighted by molar-refractivity contribution is -0.142. The first-order chi connectivity index (χ1) is 15.8. The highest BCUT2D eigenvalue weighted by Gasteiger charge is 2.22. The molecule has 1 N–H and O–H groups in total. The van der Waals surface area contributed by atoms with Crippen LogP contribution >= 0.6 is 0 Å². The zero-order valence-electron chi connectivity index (χ0n) is 20.3. The summed E-state index contributed by atoms with van der Waals surface area (Å²) >= 11 is 0. The third kappa shape index (κ3) is 7.33. The van der Waals surface area contributed by atoms with Crippen LogP contribution in [-0.2, 0) is 19.6 Å². The van der Waals surface area contributed by atoms with E-state index in [4.69, 9.17) is 0 Å². The zero-order valence-corrected chi connectivity index (χ0v) is 21.1. The van der Waals surface area contributed by atoms with E-state index in [0.717, 1.165) is 10.6 Å². The lowest BCUT2D eigenvalue weighted by Gasteiger charge is -2.20. The minimum absolute atomic E-state index is 0.0178. The molecule has 1 unspecified atom stereocenters. The van der Waals surface area contributed by atoms with Crippen LogP contribution in [0, 0.1) is 11.7 Å². The molecule has 0 saturated carbocycles. The molecular weight excluding hydrogens is 461 g/mol. The summed E-state index contributed by atoms with van der Waals surface area (Å²) in [6.45, 7) is 5.76. The summed E-state index contributed by atoms with van der Waals surface area (Å²) in [6.07, 6.45) is 4.16. The topological polar surface area (TPSA) is 110 Å². The van der Waals surface area contributed by atoms with Crippen LogP contribution in [0.2, 0.25) is 0 Å². The van der Waals surface area contributed by atoms with E-state index in [1.807, 2.05) is 32.9 Å². The number of aliphatic hydroxyl groups is 1. The van der Waals surface area contributed by atoms with Crippen molar-refractivity contribution in [1.29, 1.82) is 0 Å². The molecule has 34 heavy (non-hydrogen) atoms. The summed E-state index contributed by atoms with van der Waals surface area (Å²) < 4.78 is 43.4. The largest absolute Gasteiger partial charge is 0.469 e. The van der Waals surface area contributed by atoms with E-state index in [1.54, 1.807) is 12.1 Å². The number of nitrogens with zero attached hydrogens (tertiary/aromatic N) is 3. The molecule has 0 saturated heterocycles. The average Bonchev–Trinajstić information content (AvgIpc) is 2.76. The number of rotatable bonds is 10. The maximum atomic E-state index is 13.6. The number of methoxy groups -OCH3 is 1. The molecule has 0 aliphatic rings. The number of hydrogen-bond acceptors (Lipinski definition) is 7. The number of aliphatic hydroxyl groups excluding tert-OH is 1. The van der Waals surface area contributed by atoms with Crippen molar-refractivity contribution in [2.24, 2.45) is 5.92 Å². The minimum atomic E-state index is -3.60. The highest BCUT2D eigenvalue weighted by Crippen LogP contribution is 2.32. The van der Waals surface area contributed by atoms with Gasteiger partial charge in [0.05, 0.1) is 37.3 Å². The number of esters is 1. The van der Waals surface area contributed by atoms with Crippen molar-refractivity contribution in [2.75, 3.05) is 24.7 Å². The van der Waals surface area contributed by atoms with Crippen LogP contribution in [-0.4, -0.2) is 56.0 Å². The number of sulfonamides is 1. The van der Waals surface area contributed by atoms with Crippen LogP contribution < -0.4 is 4.31 Å². The number of anilines is 1. The number of benzene rings is 1. The van der Waals surface area contributed by atoms with Gasteiger partial charge in [-0.05, 0) is 42.5 Å². The van der Waals surface area contributed by atoms with Gasteiger partial charge >= 0.3 is 5.97 Å². The van der Waals surface area contributed by atoms with E-state index in [0.29, 0.717) is 28.9 Å². The number of halogens is 1. The molecule has 0 aliphatic heterocycles. The van der Waals surface area contributed by atoms with Crippen molar-refractivity contribution >= 4 is 28.0 Å². The van der Waals surface area contributed by atoms with E-state index in [-0.39, 0.29) is 24.2 Å². The number of carbonyl (C=O) groups excluding carboxylic acids is 1. The molecule has 0 radical (unpaired) electrons. The van der Waals surface area contributed by atoms with Gasteiger partial charge in [-0.3, -0.25) is 4.79 Å². The number of ether oxygens (including phenoxy) is 1. The standard InChI is InChI=1S/C24H32FN3O5S/c1-15(2)22-20(12-7-16(3)13-19(29)14-21(30)33-5)23(17-8-10-18(25)11-9-17)27-24(26-22)28(4)34(6,31)32/h7-12,15-16,19,29H,13-14H2,1-6H3/b12-7+/t16-,19?/m1/s1. The molecule has 8 nitrogen and oxygen atoms in total. The van der Waals surface area contributed by atoms with Gasteiger partial charge in [-0.25, -0.2) is 27.1 Å². The maximum Gasteiger partial charge on any atom is 0.308 e. The van der Waals surface area contributed by atoms with Crippen LogP contribution in [0.15, 0.2) is 30.3 Å². The predicted octanol–water partition coefficient (Wildman–Crippen LogP) is 3.77. The third-order valence-electron chi connectivity index (χ3n) is 5.27. The Morgan fingerprint density at radius 2 is 1.82 bits per heavy atom. The quantitative estimate of drug-likeness (QED) is 0.502. The minimum Gasteiger partial charge on any atom is -0.469 e. The molecule has 0 fully saturated rings. The van der Waals surface area contributed by atoms with Gasteiger partial charge in [-0.1, -0.05) is 32.9 Å². The fourth-order valence-electron chi connectivity index (χ4n) is 3.32. The van der Waals surface area contributed by atoms with Crippen LogP contribution in [0.25, 0.3) is 17.3 Å². The molecule has 0 aliphatic carbocycles. The fraction of sp³-hybridized carbons (Fsp3) is 0.458. The Kier molecular flexibility index (Phi) is 9.29. The Morgan fingerprint density at radius 1 is 1.21 bits per heavy atom. The summed E-state index contributed by atoms with van der Waals surface area (Å²) in [5.41, 5.74) is 2.36. The number of aromatic nitrogens is 2. The van der Waals surface area contributed by atoms with Crippen LogP contribution in [0.1, 0.15) is 50.8 Å². The molecule has 2 aromatic rings. The van der Waals surface area contributed by atoms with Gasteiger partial charge < -0.3 is 9.84 Å². The summed E-state index contributed by atoms with van der Waals surface area (Å²) in [6, 6.07) is 5.78. The first kappa shape index (κ1) is 27.4. The monoisotopic (exact) mass is 493 g/mol. The Morgan fingerprint density at radius 3 is 2.35 bits per heavy atom. The number of allylic oxidation sites excluding steroid dienone is 1. The van der Waals surface area contributed by atoms with Crippen molar-refractivity contribution in [3.8, 4) is 11.3 Å². The lowest BCUT2D eigenvalue weighted by Crippen LogP contribution is -2.27. The van der Waals surface area contributed by atoms with Crippen molar-refractivity contribution in [3.63, 3.8) is 0 Å². The summed E-state index contributed by atoms with van der Waals surface area (Å²) in [4.78, 5) is 20.4. The normalized spacial score (nSPS) is 13.8. The maximum absolute atomic E-state index is 13.6. The molecule has 0 spiro atoms. The van der Waals surface area contributed by atoms with Crippen LogP contribution in [0.4, 0.5) is 10.3 Å². The van der Waals surface area contributed by atoms with Crippen molar-refractivity contribution in [1.82, 2.24) is 9.97 Å². The Bertz CT molecular complexity index is 1130. The average molecular weight is 494 g/mol. The van der Waals surface area contributed by atoms with E-state index in [1.165, 1.54) is 26.3 Å². The van der Waals surface area contributed by atoms with E-state index in [2.05, 4.69) is 14.7 Å². The lowest BCUT2D eigenvalue weighted by atomic mass is 9.95. The summed E-state index contributed by atoms with van der Waals surface area (Å²) in [5.74, 6) is -1.04. The molecule has 1 aromatic heterocycles. The molecular formula is C24H32FN3O5S. The molecule has 186 valence electrons. The first-order valence-corrected chi connectivity index (χ1v) is 12.7. The second kappa shape index (κ2) is 11.5. The van der Waals surface area contributed by atoms with Gasteiger partial charge in [0.15, 0.2) is 0 Å². The molecule has 10 heteroatoms. The van der Waals surface area contributed by atoms with Gasteiger partial charge in [0.2, 0.25) is 16.0 Å². The molecule has 1 heterocycles. The van der Waals surface area contributed by atoms with Crippen LogP contribution in [0.5, 0.6) is 0 Å². The fourth-order valence-corrected chi connectivity index (χ4v) is 3.70. The Hall–Kier alpha value is -2.85. The highest BCUT2D eigenvalue weighted by molar-refractivity contribution is 7.92. The third-order valence-corrected chi connectivity index (χ3v) is 6.43. The molecule has 0 bridgehead atoms. The number of hydrogen-bond donors (Lipinski definition) is 1. The Balaban J connectivity index is 2.57. The van der Waals surface area contributed by atoms with Gasteiger partial charge in [-0.2, -0.15) is 0 Å². The van der Waals surface area contributed by atoms with Gasteiger partial charge in [0.25, 0.3) is 0 Å². The summed E-state index contributed by atoms with van der Waals surface area (Å²) in [5, 5.41) is 10.1. The van der Waals surface area contributed by atoms with Crippen molar-refractivity contribution < 1.29 is 27.4 Å². The second-order valence-electron chi connectivity index (χ2n) is 8.57. The van der Waals surface area contributed by atoms with Crippen molar-refractivity contribution in [3.05, 3.63) is 47.4 Å². The second-order valence-corrected chi connectivity index (χ2v) is 10.6. The SMILES string of the molecule is COC(=O)CC(O)C[C@H](C)/C=C/c1c(-c2ccc(F)cc2)nc(N(C)S(C)(=O)=O)nc1C(C)C. The first-order valence-electron chi connectivity index (χ1n) is 10.9. The number of carbonyl (C=O) groups is 1. The predicted molar refractivity (Wildman–Crippen MR) is 130 cm³/mol. The summed E-state index contributed by atoms with van der Waals surface area (Å²) in [7, 11) is -0.954. The van der Waals surface area contributed by atoms with E-state index >= 15 is 0 Å². The van der Waals surface area contributed by atoms with Gasteiger partial charge in [0, 0.05) is 18.2 Å². The van der Waals surface area contributed by atoms with Gasteiger partial charge in [-0.15, -0.1) is 0 Å². The smallest absolute Gasteiger partial charge is 0.308 e. The Labute approximate surface area is 200 Å². The van der Waals surface area contributed by atoms with E-state index < -0.39 is 27.9 Å². The highest BCUT2D eigenvalue weighted by atomic mass is 32.2. The molecule has 2 rings (SSSR count). The van der Waals surface area contributed by atoms with Crippen LogP contribution in [0.3, 0.4) is 0 Å². The van der Waals surface area contributed by atoms with E-state index in [9.17, 15) is 22.7 Å². The zero-order chi connectivity index (χ0) is 25.6.